The number of nitrogens with one attached hydrogen (secondary N) is 1. The maximum atomic E-state index is 9.65. The van der Waals surface area contributed by atoms with Crippen molar-refractivity contribution in [1.29, 1.82) is 0 Å². The molecule has 0 aliphatic heterocycles. The molecule has 5 heteroatoms. The Morgan fingerprint density at radius 3 is 2.43 bits per heavy atom. The van der Waals surface area contributed by atoms with Crippen LogP contribution in [0.3, 0.4) is 0 Å². The number of aliphatic hydroxyl groups is 1. The maximum Gasteiger partial charge on any atom is 0.121 e. The molecule has 1 unspecified atom stereocenters. The number of benzene rings is 1. The first-order valence-electron chi connectivity index (χ1n) is 4.06. The Hall–Kier alpha value is -0.100. The highest BCUT2D eigenvalue weighted by Gasteiger charge is 2.14. The predicted molar refractivity (Wildman–Crippen MR) is 62.4 cm³/mol. The van der Waals surface area contributed by atoms with E-state index in [1.54, 1.807) is 19.2 Å². The molecule has 3 nitrogen and oxygen atoms in total. The Morgan fingerprint density at radius 1 is 1.36 bits per heavy atom. The van der Waals surface area contributed by atoms with Crippen LogP contribution in [0.25, 0.3) is 0 Å². The van der Waals surface area contributed by atoms with Gasteiger partial charge in [-0.2, -0.15) is 0 Å². The molecule has 14 heavy (non-hydrogen) atoms. The molecular weight excluding hydrogens is 314 g/mol. The molecule has 0 heterocycles. The third-order valence-corrected chi connectivity index (χ3v) is 3.82. The van der Waals surface area contributed by atoms with Crippen LogP contribution in [-0.2, 0) is 0 Å². The smallest absolute Gasteiger partial charge is 0.121 e. The minimum Gasteiger partial charge on any atom is -0.508 e. The Balaban J connectivity index is 3.14. The SMILES string of the molecule is CNC(CO)c1cc(Br)c(Br)cc1O. The fraction of sp³-hybridized carbons (Fsp3) is 0.333. The number of phenols is 1. The summed E-state index contributed by atoms with van der Waals surface area (Å²) in [6.07, 6.45) is 0. The number of likely N-dealkylation sites (N-methyl/N-ethyl adjacent to an activating group) is 1. The fourth-order valence-electron chi connectivity index (χ4n) is 1.18. The second-order valence-corrected chi connectivity index (χ2v) is 4.56. The molecule has 1 rings (SSSR count). The summed E-state index contributed by atoms with van der Waals surface area (Å²) in [6.45, 7) is -0.0574. The van der Waals surface area contributed by atoms with E-state index in [9.17, 15) is 5.11 Å². The molecule has 0 saturated carbocycles. The van der Waals surface area contributed by atoms with Crippen molar-refractivity contribution in [3.05, 3.63) is 26.6 Å². The normalized spacial score (nSPS) is 12.9. The maximum absolute atomic E-state index is 9.65. The lowest BCUT2D eigenvalue weighted by atomic mass is 10.1. The van der Waals surface area contributed by atoms with Gasteiger partial charge < -0.3 is 15.5 Å². The quantitative estimate of drug-likeness (QED) is 0.798. The van der Waals surface area contributed by atoms with E-state index in [4.69, 9.17) is 5.11 Å². The van der Waals surface area contributed by atoms with Gasteiger partial charge >= 0.3 is 0 Å². The molecule has 0 bridgehead atoms. The van der Waals surface area contributed by atoms with Gasteiger partial charge in [0.05, 0.1) is 12.6 Å². The number of hydrogen-bond donors (Lipinski definition) is 3. The van der Waals surface area contributed by atoms with Crippen LogP contribution in [0.1, 0.15) is 11.6 Å². The zero-order valence-corrected chi connectivity index (χ0v) is 10.8. The van der Waals surface area contributed by atoms with Crippen LogP contribution in [0.15, 0.2) is 21.1 Å². The van der Waals surface area contributed by atoms with E-state index in [1.165, 1.54) is 0 Å². The zero-order valence-electron chi connectivity index (χ0n) is 7.59. The molecular formula is C9H11Br2NO2. The van der Waals surface area contributed by atoms with Crippen molar-refractivity contribution in [3.63, 3.8) is 0 Å². The number of aromatic hydroxyl groups is 1. The number of aliphatic hydroxyl groups excluding tert-OH is 1. The zero-order chi connectivity index (χ0) is 10.7. The molecule has 0 aromatic heterocycles. The van der Waals surface area contributed by atoms with Crippen molar-refractivity contribution in [2.45, 2.75) is 6.04 Å². The van der Waals surface area contributed by atoms with Gasteiger partial charge in [0.1, 0.15) is 5.75 Å². The van der Waals surface area contributed by atoms with Gasteiger partial charge in [-0.1, -0.05) is 0 Å². The van der Waals surface area contributed by atoms with Gasteiger partial charge in [-0.15, -0.1) is 0 Å². The van der Waals surface area contributed by atoms with E-state index in [2.05, 4.69) is 37.2 Å². The van der Waals surface area contributed by atoms with Gasteiger partial charge in [-0.05, 0) is 51.0 Å². The topological polar surface area (TPSA) is 52.5 Å². The monoisotopic (exact) mass is 323 g/mol. The van der Waals surface area contributed by atoms with E-state index in [-0.39, 0.29) is 18.4 Å². The second kappa shape index (κ2) is 5.11. The average Bonchev–Trinajstić information content (AvgIpc) is 2.15. The molecule has 1 atom stereocenters. The summed E-state index contributed by atoms with van der Waals surface area (Å²) >= 11 is 6.62. The molecule has 3 N–H and O–H groups in total. The van der Waals surface area contributed by atoms with Crippen LogP contribution >= 0.6 is 31.9 Å². The van der Waals surface area contributed by atoms with E-state index in [0.717, 1.165) is 8.95 Å². The van der Waals surface area contributed by atoms with Gasteiger partial charge in [0.15, 0.2) is 0 Å². The molecule has 0 aliphatic rings. The number of halogens is 2. The summed E-state index contributed by atoms with van der Waals surface area (Å²) in [4.78, 5) is 0. The summed E-state index contributed by atoms with van der Waals surface area (Å²) in [6, 6.07) is 3.12. The third kappa shape index (κ3) is 2.48. The molecule has 0 saturated heterocycles. The standard InChI is InChI=1S/C9H11Br2NO2/c1-12-8(4-13)5-2-6(10)7(11)3-9(5)14/h2-3,8,12-14H,4H2,1H3. The Morgan fingerprint density at radius 2 is 1.93 bits per heavy atom. The van der Waals surface area contributed by atoms with Crippen molar-refractivity contribution in [2.75, 3.05) is 13.7 Å². The van der Waals surface area contributed by atoms with Crippen molar-refractivity contribution < 1.29 is 10.2 Å². The Labute approximate surface area is 99.4 Å². The molecule has 0 fully saturated rings. The van der Waals surface area contributed by atoms with Gasteiger partial charge in [0.25, 0.3) is 0 Å². The van der Waals surface area contributed by atoms with E-state index < -0.39 is 0 Å². The summed E-state index contributed by atoms with van der Waals surface area (Å²) in [7, 11) is 1.73. The summed E-state index contributed by atoms with van der Waals surface area (Å²) in [5, 5.41) is 21.6. The lowest BCUT2D eigenvalue weighted by Crippen LogP contribution is -2.20. The minimum absolute atomic E-state index is 0.0574. The lowest BCUT2D eigenvalue weighted by Gasteiger charge is -2.15. The summed E-state index contributed by atoms with van der Waals surface area (Å²) in [5.74, 6) is 0.161. The summed E-state index contributed by atoms with van der Waals surface area (Å²) < 4.78 is 1.63. The van der Waals surface area contributed by atoms with E-state index in [0.29, 0.717) is 5.56 Å². The van der Waals surface area contributed by atoms with Crippen molar-refractivity contribution in [3.8, 4) is 5.75 Å². The van der Waals surface area contributed by atoms with Crippen molar-refractivity contribution in [2.24, 2.45) is 0 Å². The first-order valence-corrected chi connectivity index (χ1v) is 5.64. The molecule has 0 spiro atoms. The lowest BCUT2D eigenvalue weighted by molar-refractivity contribution is 0.248. The van der Waals surface area contributed by atoms with Crippen molar-refractivity contribution in [1.82, 2.24) is 5.32 Å². The van der Waals surface area contributed by atoms with Gasteiger partial charge in [-0.25, -0.2) is 0 Å². The van der Waals surface area contributed by atoms with Gasteiger partial charge in [0.2, 0.25) is 0 Å². The molecule has 0 radical (unpaired) electrons. The Bertz CT molecular complexity index is 327. The second-order valence-electron chi connectivity index (χ2n) is 2.85. The molecule has 0 aliphatic carbocycles. The first kappa shape index (κ1) is 12.0. The van der Waals surface area contributed by atoms with Crippen LogP contribution in [0.2, 0.25) is 0 Å². The van der Waals surface area contributed by atoms with Crippen LogP contribution in [-0.4, -0.2) is 23.9 Å². The highest BCUT2D eigenvalue weighted by molar-refractivity contribution is 9.13. The molecule has 0 amide bonds. The van der Waals surface area contributed by atoms with Gasteiger partial charge in [0, 0.05) is 14.5 Å². The molecule has 78 valence electrons. The predicted octanol–water partition coefficient (Wildman–Crippen LogP) is 2.17. The number of hydrogen-bond acceptors (Lipinski definition) is 3. The average molecular weight is 325 g/mol. The van der Waals surface area contributed by atoms with Crippen molar-refractivity contribution >= 4 is 31.9 Å². The Kier molecular flexibility index (Phi) is 4.37. The first-order chi connectivity index (χ1) is 6.60. The van der Waals surface area contributed by atoms with Crippen LogP contribution in [0.4, 0.5) is 0 Å². The largest absolute Gasteiger partial charge is 0.508 e. The minimum atomic E-state index is -0.251. The van der Waals surface area contributed by atoms with Crippen LogP contribution < -0.4 is 5.32 Å². The molecule has 1 aromatic rings. The highest BCUT2D eigenvalue weighted by atomic mass is 79.9. The fourth-order valence-corrected chi connectivity index (χ4v) is 1.87. The van der Waals surface area contributed by atoms with Crippen LogP contribution in [0, 0.1) is 0 Å². The highest BCUT2D eigenvalue weighted by Crippen LogP contribution is 2.33. The summed E-state index contributed by atoms with van der Waals surface area (Å²) in [5.41, 5.74) is 0.671. The van der Waals surface area contributed by atoms with Gasteiger partial charge in [-0.3, -0.25) is 0 Å². The van der Waals surface area contributed by atoms with Crippen LogP contribution in [0.5, 0.6) is 5.75 Å². The molecule has 1 aromatic carbocycles. The van der Waals surface area contributed by atoms with E-state index in [1.807, 2.05) is 0 Å². The number of phenolic OH excluding ortho intramolecular Hbond substituents is 1. The number of rotatable bonds is 3. The third-order valence-electron chi connectivity index (χ3n) is 1.98. The van der Waals surface area contributed by atoms with E-state index >= 15 is 0 Å².